The summed E-state index contributed by atoms with van der Waals surface area (Å²) in [6, 6.07) is 6.50. The maximum Gasteiger partial charge on any atom is 0.254 e. The minimum absolute atomic E-state index is 0.0344. The summed E-state index contributed by atoms with van der Waals surface area (Å²) in [4.78, 5) is 13.4. The Morgan fingerprint density at radius 1 is 1.42 bits per heavy atom. The van der Waals surface area contributed by atoms with Gasteiger partial charge in [-0.25, -0.2) is 0 Å². The molecule has 1 atom stereocenters. The molecule has 1 amide bonds. The SMILES string of the molecule is COc1ccc(N2C(=O)COCC2C#N)c(OC)c1. The summed E-state index contributed by atoms with van der Waals surface area (Å²) in [5.74, 6) is 0.839. The molecule has 1 heterocycles. The van der Waals surface area contributed by atoms with Gasteiger partial charge in [0.05, 0.1) is 32.6 Å². The lowest BCUT2D eigenvalue weighted by atomic mass is 10.1. The molecule has 1 saturated heterocycles. The molecule has 1 aliphatic rings. The Morgan fingerprint density at radius 3 is 2.84 bits per heavy atom. The molecule has 0 aromatic heterocycles. The van der Waals surface area contributed by atoms with Gasteiger partial charge in [-0.15, -0.1) is 0 Å². The lowest BCUT2D eigenvalue weighted by molar-refractivity contribution is -0.126. The highest BCUT2D eigenvalue weighted by Gasteiger charge is 2.32. The van der Waals surface area contributed by atoms with Crippen LogP contribution < -0.4 is 14.4 Å². The number of hydrogen-bond acceptors (Lipinski definition) is 5. The molecule has 1 fully saturated rings. The van der Waals surface area contributed by atoms with E-state index in [0.29, 0.717) is 17.2 Å². The molecule has 0 N–H and O–H groups in total. The Bertz CT molecular complexity index is 524. The zero-order valence-corrected chi connectivity index (χ0v) is 10.8. The van der Waals surface area contributed by atoms with E-state index in [1.165, 1.54) is 12.0 Å². The molecule has 0 spiro atoms. The van der Waals surface area contributed by atoms with Crippen LogP contribution >= 0.6 is 0 Å². The van der Waals surface area contributed by atoms with Crippen LogP contribution in [0.5, 0.6) is 11.5 Å². The predicted molar refractivity (Wildman–Crippen MR) is 67.3 cm³/mol. The van der Waals surface area contributed by atoms with E-state index < -0.39 is 6.04 Å². The van der Waals surface area contributed by atoms with Crippen LogP contribution in [0, 0.1) is 11.3 Å². The number of hydrogen-bond donors (Lipinski definition) is 0. The van der Waals surface area contributed by atoms with Crippen LogP contribution in [0.1, 0.15) is 0 Å². The number of rotatable bonds is 3. The second kappa shape index (κ2) is 5.59. The van der Waals surface area contributed by atoms with E-state index in [4.69, 9.17) is 19.5 Å². The molecule has 1 aromatic carbocycles. The molecule has 0 radical (unpaired) electrons. The summed E-state index contributed by atoms with van der Waals surface area (Å²) < 4.78 is 15.4. The lowest BCUT2D eigenvalue weighted by Gasteiger charge is -2.32. The highest BCUT2D eigenvalue weighted by molar-refractivity contribution is 5.97. The zero-order chi connectivity index (χ0) is 13.8. The first-order valence-electron chi connectivity index (χ1n) is 5.72. The summed E-state index contributed by atoms with van der Waals surface area (Å²) in [5, 5.41) is 9.12. The van der Waals surface area contributed by atoms with Gasteiger partial charge in [0.25, 0.3) is 5.91 Å². The first kappa shape index (κ1) is 13.2. The molecule has 1 aromatic rings. The van der Waals surface area contributed by atoms with Gasteiger partial charge in [0.15, 0.2) is 0 Å². The van der Waals surface area contributed by atoms with E-state index in [1.54, 1.807) is 25.3 Å². The number of morpholine rings is 1. The number of nitrogens with zero attached hydrogens (tertiary/aromatic N) is 2. The molecule has 19 heavy (non-hydrogen) atoms. The van der Waals surface area contributed by atoms with Gasteiger partial charge in [-0.05, 0) is 12.1 Å². The van der Waals surface area contributed by atoms with Crippen LogP contribution in [-0.4, -0.2) is 39.4 Å². The molecular formula is C13H14N2O4. The molecule has 6 heteroatoms. The van der Waals surface area contributed by atoms with E-state index >= 15 is 0 Å². The first-order valence-corrected chi connectivity index (χ1v) is 5.72. The predicted octanol–water partition coefficient (Wildman–Crippen LogP) is 0.959. The van der Waals surface area contributed by atoms with E-state index in [2.05, 4.69) is 6.07 Å². The largest absolute Gasteiger partial charge is 0.497 e. The van der Waals surface area contributed by atoms with Crippen LogP contribution in [0.4, 0.5) is 5.69 Å². The number of ether oxygens (including phenoxy) is 3. The second-order valence-electron chi connectivity index (χ2n) is 3.96. The van der Waals surface area contributed by atoms with Crippen molar-refractivity contribution in [1.82, 2.24) is 0 Å². The number of amides is 1. The van der Waals surface area contributed by atoms with Gasteiger partial charge in [-0.3, -0.25) is 9.69 Å². The molecule has 1 unspecified atom stereocenters. The maximum atomic E-state index is 11.9. The van der Waals surface area contributed by atoms with Crippen molar-refractivity contribution < 1.29 is 19.0 Å². The fraction of sp³-hybridized carbons (Fsp3) is 0.385. The van der Waals surface area contributed by atoms with Crippen LogP contribution in [0.3, 0.4) is 0 Å². The van der Waals surface area contributed by atoms with E-state index in [9.17, 15) is 4.79 Å². The minimum atomic E-state index is -0.649. The standard InChI is InChI=1S/C13H14N2O4/c1-17-10-3-4-11(12(5-10)18-2)15-9(6-14)7-19-8-13(15)16/h3-5,9H,7-8H2,1-2H3. The van der Waals surface area contributed by atoms with E-state index in [-0.39, 0.29) is 19.1 Å². The van der Waals surface area contributed by atoms with Gasteiger partial charge >= 0.3 is 0 Å². The van der Waals surface area contributed by atoms with Gasteiger partial charge < -0.3 is 14.2 Å². The highest BCUT2D eigenvalue weighted by Crippen LogP contribution is 2.34. The monoisotopic (exact) mass is 262 g/mol. The molecule has 100 valence electrons. The fourth-order valence-electron chi connectivity index (χ4n) is 1.96. The minimum Gasteiger partial charge on any atom is -0.497 e. The molecule has 1 aliphatic heterocycles. The van der Waals surface area contributed by atoms with Crippen molar-refractivity contribution in [3.8, 4) is 17.6 Å². The fourth-order valence-corrected chi connectivity index (χ4v) is 1.96. The summed E-state index contributed by atoms with van der Waals surface area (Å²) in [5.41, 5.74) is 0.545. The third-order valence-corrected chi connectivity index (χ3v) is 2.88. The first-order chi connectivity index (χ1) is 9.21. The van der Waals surface area contributed by atoms with E-state index in [0.717, 1.165) is 0 Å². The number of carbonyl (C=O) groups is 1. The van der Waals surface area contributed by atoms with Crippen molar-refractivity contribution in [3.05, 3.63) is 18.2 Å². The normalized spacial score (nSPS) is 18.9. The number of benzene rings is 1. The molecule has 2 rings (SSSR count). The number of methoxy groups -OCH3 is 2. The topological polar surface area (TPSA) is 71.8 Å². The Balaban J connectivity index is 2.44. The molecule has 0 aliphatic carbocycles. The Morgan fingerprint density at radius 2 is 2.21 bits per heavy atom. The molecule has 6 nitrogen and oxygen atoms in total. The van der Waals surface area contributed by atoms with Gasteiger partial charge in [-0.2, -0.15) is 5.26 Å². The third-order valence-electron chi connectivity index (χ3n) is 2.88. The second-order valence-corrected chi connectivity index (χ2v) is 3.96. The zero-order valence-electron chi connectivity index (χ0n) is 10.8. The quantitative estimate of drug-likeness (QED) is 0.811. The number of carbonyl (C=O) groups excluding carboxylic acids is 1. The van der Waals surface area contributed by atoms with Crippen molar-refractivity contribution in [2.45, 2.75) is 6.04 Å². The van der Waals surface area contributed by atoms with Crippen LogP contribution in [0.15, 0.2) is 18.2 Å². The van der Waals surface area contributed by atoms with Crippen LogP contribution in [0.25, 0.3) is 0 Å². The number of nitriles is 1. The average Bonchev–Trinajstić information content (AvgIpc) is 2.46. The van der Waals surface area contributed by atoms with Crippen molar-refractivity contribution in [2.24, 2.45) is 0 Å². The summed E-state index contributed by atoms with van der Waals surface area (Å²) >= 11 is 0. The van der Waals surface area contributed by atoms with Gasteiger partial charge in [0.2, 0.25) is 0 Å². The lowest BCUT2D eigenvalue weighted by Crippen LogP contribution is -2.49. The average molecular weight is 262 g/mol. The maximum absolute atomic E-state index is 11.9. The van der Waals surface area contributed by atoms with Crippen molar-refractivity contribution in [2.75, 3.05) is 32.3 Å². The summed E-state index contributed by atoms with van der Waals surface area (Å²) in [6.45, 7) is 0.158. The molecular weight excluding hydrogens is 248 g/mol. The van der Waals surface area contributed by atoms with Gasteiger partial charge in [0.1, 0.15) is 24.1 Å². The smallest absolute Gasteiger partial charge is 0.254 e. The van der Waals surface area contributed by atoms with Gasteiger partial charge in [0, 0.05) is 6.07 Å². The van der Waals surface area contributed by atoms with Gasteiger partial charge in [-0.1, -0.05) is 0 Å². The molecule has 0 saturated carbocycles. The molecule has 0 bridgehead atoms. The van der Waals surface area contributed by atoms with Crippen molar-refractivity contribution >= 4 is 11.6 Å². The highest BCUT2D eigenvalue weighted by atomic mass is 16.5. The third kappa shape index (κ3) is 2.46. The van der Waals surface area contributed by atoms with E-state index in [1.807, 2.05) is 0 Å². The Kier molecular flexibility index (Phi) is 3.88. The Hall–Kier alpha value is -2.26. The van der Waals surface area contributed by atoms with Crippen molar-refractivity contribution in [3.63, 3.8) is 0 Å². The summed E-state index contributed by atoms with van der Waals surface area (Å²) in [7, 11) is 3.05. The van der Waals surface area contributed by atoms with Crippen LogP contribution in [-0.2, 0) is 9.53 Å². The van der Waals surface area contributed by atoms with Crippen molar-refractivity contribution in [1.29, 1.82) is 5.26 Å². The summed E-state index contributed by atoms with van der Waals surface area (Å²) in [6.07, 6.45) is 0. The Labute approximate surface area is 111 Å². The van der Waals surface area contributed by atoms with Crippen LogP contribution in [0.2, 0.25) is 0 Å². The number of anilines is 1.